The van der Waals surface area contributed by atoms with Crippen LogP contribution in [-0.4, -0.2) is 51.2 Å². The lowest BCUT2D eigenvalue weighted by Gasteiger charge is -2.27. The Morgan fingerprint density at radius 1 is 1.40 bits per heavy atom. The fourth-order valence-corrected chi connectivity index (χ4v) is 2.78. The summed E-state index contributed by atoms with van der Waals surface area (Å²) in [4.78, 5) is 9.97. The van der Waals surface area contributed by atoms with Crippen molar-refractivity contribution in [1.82, 2.24) is 14.5 Å². The SMILES string of the molecule is NC(=NCc1nccn1CC(F)(F)F)N1CCSCC1. The van der Waals surface area contributed by atoms with Gasteiger partial charge in [0.1, 0.15) is 18.9 Å². The molecule has 20 heavy (non-hydrogen) atoms. The largest absolute Gasteiger partial charge is 0.406 e. The van der Waals surface area contributed by atoms with Crippen molar-refractivity contribution >= 4 is 17.7 Å². The van der Waals surface area contributed by atoms with Crippen molar-refractivity contribution in [1.29, 1.82) is 0 Å². The molecular formula is C11H16F3N5S. The summed E-state index contributed by atoms with van der Waals surface area (Å²) < 4.78 is 38.2. The van der Waals surface area contributed by atoms with E-state index < -0.39 is 12.7 Å². The summed E-state index contributed by atoms with van der Waals surface area (Å²) in [6.45, 7) is 0.630. The van der Waals surface area contributed by atoms with Crippen LogP contribution in [0.15, 0.2) is 17.4 Å². The lowest BCUT2D eigenvalue weighted by atomic mass is 10.5. The molecule has 112 valence electrons. The minimum absolute atomic E-state index is 0.0541. The Hall–Kier alpha value is -1.38. The molecule has 0 unspecified atom stereocenters. The van der Waals surface area contributed by atoms with Crippen LogP contribution >= 0.6 is 11.8 Å². The van der Waals surface area contributed by atoms with Gasteiger partial charge in [0.15, 0.2) is 5.96 Å². The molecular weight excluding hydrogens is 291 g/mol. The molecule has 0 spiro atoms. The van der Waals surface area contributed by atoms with Gasteiger partial charge < -0.3 is 15.2 Å². The Labute approximate surface area is 119 Å². The van der Waals surface area contributed by atoms with Crippen LogP contribution in [0.5, 0.6) is 0 Å². The lowest BCUT2D eigenvalue weighted by molar-refractivity contribution is -0.141. The highest BCUT2D eigenvalue weighted by Gasteiger charge is 2.28. The Morgan fingerprint density at radius 2 is 2.10 bits per heavy atom. The molecule has 0 bridgehead atoms. The fraction of sp³-hybridized carbons (Fsp3) is 0.636. The Bertz CT molecular complexity index is 465. The van der Waals surface area contributed by atoms with E-state index in [1.807, 2.05) is 16.7 Å². The number of alkyl halides is 3. The van der Waals surface area contributed by atoms with Crippen LogP contribution in [0.25, 0.3) is 0 Å². The summed E-state index contributed by atoms with van der Waals surface area (Å²) in [5, 5.41) is 0. The summed E-state index contributed by atoms with van der Waals surface area (Å²) in [6, 6.07) is 0. The predicted octanol–water partition coefficient (Wildman–Crippen LogP) is 1.31. The van der Waals surface area contributed by atoms with E-state index in [-0.39, 0.29) is 12.4 Å². The number of rotatable bonds is 3. The normalized spacial score (nSPS) is 17.6. The molecule has 0 aliphatic carbocycles. The minimum atomic E-state index is -4.27. The van der Waals surface area contributed by atoms with Crippen LogP contribution in [-0.2, 0) is 13.1 Å². The third-order valence-corrected chi connectivity index (χ3v) is 3.81. The second-order valence-electron chi connectivity index (χ2n) is 4.36. The minimum Gasteiger partial charge on any atom is -0.370 e. The van der Waals surface area contributed by atoms with E-state index in [1.54, 1.807) is 0 Å². The van der Waals surface area contributed by atoms with Gasteiger partial charge in [-0.05, 0) is 0 Å². The number of aliphatic imine (C=N–C) groups is 1. The zero-order valence-electron chi connectivity index (χ0n) is 10.8. The van der Waals surface area contributed by atoms with Crippen molar-refractivity contribution in [2.24, 2.45) is 10.7 Å². The van der Waals surface area contributed by atoms with Gasteiger partial charge in [0.05, 0.1) is 0 Å². The number of thioether (sulfide) groups is 1. The molecule has 1 aliphatic rings. The number of imidazole rings is 1. The number of guanidine groups is 1. The lowest BCUT2D eigenvalue weighted by Crippen LogP contribution is -2.42. The number of hydrogen-bond acceptors (Lipinski definition) is 3. The molecule has 5 nitrogen and oxygen atoms in total. The number of hydrogen-bond donors (Lipinski definition) is 1. The van der Waals surface area contributed by atoms with Gasteiger partial charge in [0.2, 0.25) is 0 Å². The Kier molecular flexibility index (Phi) is 4.79. The zero-order chi connectivity index (χ0) is 14.6. The van der Waals surface area contributed by atoms with E-state index in [0.717, 1.165) is 29.2 Å². The first-order valence-electron chi connectivity index (χ1n) is 6.15. The van der Waals surface area contributed by atoms with Gasteiger partial charge in [-0.1, -0.05) is 0 Å². The van der Waals surface area contributed by atoms with Crippen molar-refractivity contribution in [3.8, 4) is 0 Å². The maximum Gasteiger partial charge on any atom is 0.406 e. The predicted molar refractivity (Wildman–Crippen MR) is 72.5 cm³/mol. The number of aromatic nitrogens is 2. The highest BCUT2D eigenvalue weighted by atomic mass is 32.2. The smallest absolute Gasteiger partial charge is 0.370 e. The molecule has 0 saturated carbocycles. The molecule has 1 aromatic heterocycles. The van der Waals surface area contributed by atoms with E-state index in [1.165, 1.54) is 12.4 Å². The van der Waals surface area contributed by atoms with Crippen LogP contribution < -0.4 is 5.73 Å². The molecule has 0 radical (unpaired) electrons. The fourth-order valence-electron chi connectivity index (χ4n) is 1.87. The highest BCUT2D eigenvalue weighted by molar-refractivity contribution is 7.99. The first kappa shape index (κ1) is 15.0. The molecule has 0 amide bonds. The van der Waals surface area contributed by atoms with Gasteiger partial charge in [-0.2, -0.15) is 24.9 Å². The van der Waals surface area contributed by atoms with Gasteiger partial charge in [-0.15, -0.1) is 0 Å². The summed E-state index contributed by atoms with van der Waals surface area (Å²) in [5.41, 5.74) is 5.85. The van der Waals surface area contributed by atoms with Crippen LogP contribution in [0.3, 0.4) is 0 Å². The third kappa shape index (κ3) is 4.32. The maximum absolute atomic E-state index is 12.4. The average molecular weight is 307 g/mol. The Balaban J connectivity index is 1.98. The molecule has 9 heteroatoms. The molecule has 2 heterocycles. The van der Waals surface area contributed by atoms with E-state index in [0.29, 0.717) is 5.96 Å². The average Bonchev–Trinajstić information content (AvgIpc) is 2.82. The maximum atomic E-state index is 12.4. The monoisotopic (exact) mass is 307 g/mol. The second kappa shape index (κ2) is 6.38. The van der Waals surface area contributed by atoms with Crippen molar-refractivity contribution in [3.05, 3.63) is 18.2 Å². The van der Waals surface area contributed by atoms with Gasteiger partial charge in [0.25, 0.3) is 0 Å². The van der Waals surface area contributed by atoms with Crippen molar-refractivity contribution in [2.45, 2.75) is 19.3 Å². The molecule has 1 saturated heterocycles. The molecule has 1 aliphatic heterocycles. The molecule has 2 N–H and O–H groups in total. The van der Waals surface area contributed by atoms with Gasteiger partial charge in [-0.3, -0.25) is 0 Å². The van der Waals surface area contributed by atoms with Crippen molar-refractivity contribution < 1.29 is 13.2 Å². The first-order valence-corrected chi connectivity index (χ1v) is 7.30. The number of halogens is 3. The summed E-state index contributed by atoms with van der Waals surface area (Å²) in [7, 11) is 0. The molecule has 0 atom stereocenters. The van der Waals surface area contributed by atoms with Crippen molar-refractivity contribution in [2.75, 3.05) is 24.6 Å². The number of nitrogens with two attached hydrogens (primary N) is 1. The highest BCUT2D eigenvalue weighted by Crippen LogP contribution is 2.18. The van der Waals surface area contributed by atoms with E-state index in [2.05, 4.69) is 9.98 Å². The van der Waals surface area contributed by atoms with Crippen molar-refractivity contribution in [3.63, 3.8) is 0 Å². The second-order valence-corrected chi connectivity index (χ2v) is 5.59. The first-order chi connectivity index (χ1) is 9.46. The van der Waals surface area contributed by atoms with Crippen LogP contribution in [0.4, 0.5) is 13.2 Å². The summed E-state index contributed by atoms with van der Waals surface area (Å²) >= 11 is 1.85. The van der Waals surface area contributed by atoms with Crippen LogP contribution in [0, 0.1) is 0 Å². The summed E-state index contributed by atoms with van der Waals surface area (Å²) in [5.74, 6) is 2.60. The van der Waals surface area contributed by atoms with Crippen LogP contribution in [0.2, 0.25) is 0 Å². The molecule has 1 fully saturated rings. The van der Waals surface area contributed by atoms with E-state index in [4.69, 9.17) is 5.73 Å². The van der Waals surface area contributed by atoms with Gasteiger partial charge >= 0.3 is 6.18 Å². The quantitative estimate of drug-likeness (QED) is 0.676. The summed E-state index contributed by atoms with van der Waals surface area (Å²) in [6.07, 6.45) is -1.63. The molecule has 2 rings (SSSR count). The van der Waals surface area contributed by atoms with E-state index >= 15 is 0 Å². The topological polar surface area (TPSA) is 59.4 Å². The van der Waals surface area contributed by atoms with Gasteiger partial charge in [0, 0.05) is 37.0 Å². The van der Waals surface area contributed by atoms with Gasteiger partial charge in [-0.25, -0.2) is 9.98 Å². The number of nitrogens with zero attached hydrogens (tertiary/aromatic N) is 4. The third-order valence-electron chi connectivity index (χ3n) is 2.87. The van der Waals surface area contributed by atoms with E-state index in [9.17, 15) is 13.2 Å². The standard InChI is InChI=1S/C11H16F3N5S/c12-11(13,14)8-19-2-1-16-9(19)7-17-10(15)18-3-5-20-6-4-18/h1-2H,3-8H2,(H2,15,17). The van der Waals surface area contributed by atoms with Crippen LogP contribution in [0.1, 0.15) is 5.82 Å². The zero-order valence-corrected chi connectivity index (χ0v) is 11.6. The Morgan fingerprint density at radius 3 is 2.75 bits per heavy atom. The molecule has 0 aromatic carbocycles. The molecule has 1 aromatic rings.